The monoisotopic (exact) mass is 515 g/mol. The molecule has 0 saturated heterocycles. The van der Waals surface area contributed by atoms with Crippen molar-refractivity contribution in [3.8, 4) is 0 Å². The van der Waals surface area contributed by atoms with Crippen molar-refractivity contribution in [2.45, 2.75) is 44.7 Å². The molecule has 0 aromatic heterocycles. The van der Waals surface area contributed by atoms with Gasteiger partial charge < -0.3 is 20.4 Å². The molecule has 2 rings (SSSR count). The van der Waals surface area contributed by atoms with E-state index in [2.05, 4.69) is 34.6 Å². The second-order valence-corrected chi connectivity index (χ2v) is 8.13. The quantitative estimate of drug-likeness (QED) is 0.333. The number of nitrogens with zero attached hydrogens (tertiary/aromatic N) is 3. The highest BCUT2D eigenvalue weighted by Gasteiger charge is 2.25. The molecular formula is C22H38IN5O. The van der Waals surface area contributed by atoms with Crippen LogP contribution in [0.5, 0.6) is 0 Å². The van der Waals surface area contributed by atoms with Crippen LogP contribution in [0.15, 0.2) is 29.3 Å². The fourth-order valence-corrected chi connectivity index (χ4v) is 3.92. The lowest BCUT2D eigenvalue weighted by Crippen LogP contribution is -2.48. The number of hydrogen-bond donors (Lipinski definition) is 2. The first kappa shape index (κ1) is 25.7. The molecule has 1 amide bonds. The Labute approximate surface area is 193 Å². The van der Waals surface area contributed by atoms with Crippen LogP contribution >= 0.6 is 24.0 Å². The van der Waals surface area contributed by atoms with Crippen molar-refractivity contribution in [3.63, 3.8) is 0 Å². The van der Waals surface area contributed by atoms with Gasteiger partial charge in [0.2, 0.25) is 0 Å². The van der Waals surface area contributed by atoms with Crippen molar-refractivity contribution in [1.29, 1.82) is 0 Å². The van der Waals surface area contributed by atoms with Crippen LogP contribution in [0.4, 0.5) is 0 Å². The summed E-state index contributed by atoms with van der Waals surface area (Å²) in [7, 11) is 9.68. The van der Waals surface area contributed by atoms with Gasteiger partial charge in [0.25, 0.3) is 5.91 Å². The van der Waals surface area contributed by atoms with Crippen LogP contribution in [0.3, 0.4) is 0 Å². The van der Waals surface area contributed by atoms with Gasteiger partial charge in [0.05, 0.1) is 0 Å². The summed E-state index contributed by atoms with van der Waals surface area (Å²) in [6.07, 6.45) is 6.75. The van der Waals surface area contributed by atoms with Gasteiger partial charge in [-0.3, -0.25) is 9.79 Å². The lowest BCUT2D eigenvalue weighted by Gasteiger charge is -2.35. The molecule has 2 N–H and O–H groups in total. The van der Waals surface area contributed by atoms with Crippen LogP contribution in [-0.4, -0.2) is 69.5 Å². The maximum absolute atomic E-state index is 12.0. The molecule has 1 atom stereocenters. The number of carbonyl (C=O) groups is 1. The number of aliphatic imine (C=N–C) groups is 1. The Kier molecular flexibility index (Phi) is 11.6. The molecule has 6 nitrogen and oxygen atoms in total. The molecule has 1 aromatic carbocycles. The van der Waals surface area contributed by atoms with E-state index in [9.17, 15) is 4.79 Å². The highest BCUT2D eigenvalue weighted by Crippen LogP contribution is 2.28. The predicted molar refractivity (Wildman–Crippen MR) is 132 cm³/mol. The topological polar surface area (TPSA) is 60.0 Å². The van der Waals surface area contributed by atoms with Gasteiger partial charge in [0, 0.05) is 45.8 Å². The number of carbonyl (C=O) groups excluding carboxylic acids is 1. The molecule has 1 aliphatic carbocycles. The van der Waals surface area contributed by atoms with Gasteiger partial charge in [-0.1, -0.05) is 31.4 Å². The summed E-state index contributed by atoms with van der Waals surface area (Å²) in [6.45, 7) is 1.57. The molecule has 1 unspecified atom stereocenters. The van der Waals surface area contributed by atoms with Crippen LogP contribution in [0.1, 0.15) is 48.0 Å². The zero-order valence-corrected chi connectivity index (χ0v) is 20.9. The van der Waals surface area contributed by atoms with E-state index in [1.807, 2.05) is 24.3 Å². The molecule has 7 heteroatoms. The standard InChI is InChI=1S/C22H37N5O.HI/c1-23-22(25-16-20(26(2)3)18-9-7-6-8-10-18)24-15-17-11-13-19(14-12-17)21(28)27(4)5;/h11-14,18,20H,6-10,15-16H2,1-5H3,(H2,23,24,25);1H. The van der Waals surface area contributed by atoms with Gasteiger partial charge >= 0.3 is 0 Å². The summed E-state index contributed by atoms with van der Waals surface area (Å²) >= 11 is 0. The summed E-state index contributed by atoms with van der Waals surface area (Å²) in [5, 5.41) is 6.88. The number of halogens is 1. The van der Waals surface area contributed by atoms with Gasteiger partial charge in [-0.25, -0.2) is 0 Å². The average Bonchev–Trinajstić information content (AvgIpc) is 2.70. The van der Waals surface area contributed by atoms with Crippen LogP contribution in [0, 0.1) is 5.92 Å². The number of guanidine groups is 1. The summed E-state index contributed by atoms with van der Waals surface area (Å²) in [5.41, 5.74) is 1.83. The zero-order valence-electron chi connectivity index (χ0n) is 18.6. The fraction of sp³-hybridized carbons (Fsp3) is 0.636. The van der Waals surface area contributed by atoms with Crippen molar-refractivity contribution >= 4 is 35.8 Å². The molecule has 164 valence electrons. The van der Waals surface area contributed by atoms with E-state index in [0.717, 1.165) is 24.0 Å². The Hall–Kier alpha value is -1.35. The third-order valence-corrected chi connectivity index (χ3v) is 5.63. The van der Waals surface area contributed by atoms with Gasteiger partial charge in [-0.05, 0) is 50.6 Å². The summed E-state index contributed by atoms with van der Waals surface area (Å²) in [4.78, 5) is 20.3. The smallest absolute Gasteiger partial charge is 0.253 e. The van der Waals surface area contributed by atoms with E-state index in [-0.39, 0.29) is 29.9 Å². The van der Waals surface area contributed by atoms with Crippen LogP contribution < -0.4 is 10.6 Å². The first-order chi connectivity index (χ1) is 13.4. The SMILES string of the molecule is CN=C(NCc1ccc(C(=O)N(C)C)cc1)NCC(C1CCCCC1)N(C)C.I. The lowest BCUT2D eigenvalue weighted by molar-refractivity contribution is 0.0827. The molecule has 1 fully saturated rings. The van der Waals surface area contributed by atoms with E-state index < -0.39 is 0 Å². The molecular weight excluding hydrogens is 477 g/mol. The van der Waals surface area contributed by atoms with E-state index in [4.69, 9.17) is 0 Å². The van der Waals surface area contributed by atoms with Gasteiger partial charge in [0.1, 0.15) is 0 Å². The Balaban J connectivity index is 0.00000420. The molecule has 29 heavy (non-hydrogen) atoms. The van der Waals surface area contributed by atoms with Crippen molar-refractivity contribution in [2.24, 2.45) is 10.9 Å². The molecule has 0 aliphatic heterocycles. The number of likely N-dealkylation sites (N-methyl/N-ethyl adjacent to an activating group) is 1. The van der Waals surface area contributed by atoms with E-state index >= 15 is 0 Å². The minimum absolute atomic E-state index is 0. The van der Waals surface area contributed by atoms with Crippen LogP contribution in [0.2, 0.25) is 0 Å². The highest BCUT2D eigenvalue weighted by molar-refractivity contribution is 14.0. The maximum Gasteiger partial charge on any atom is 0.253 e. The fourth-order valence-electron chi connectivity index (χ4n) is 3.92. The maximum atomic E-state index is 12.0. The first-order valence-electron chi connectivity index (χ1n) is 10.3. The van der Waals surface area contributed by atoms with E-state index in [1.165, 1.54) is 32.1 Å². The highest BCUT2D eigenvalue weighted by atomic mass is 127. The van der Waals surface area contributed by atoms with E-state index in [0.29, 0.717) is 18.2 Å². The number of nitrogens with one attached hydrogen (secondary N) is 2. The van der Waals surface area contributed by atoms with Gasteiger partial charge in [-0.2, -0.15) is 0 Å². The van der Waals surface area contributed by atoms with Crippen molar-refractivity contribution in [1.82, 2.24) is 20.4 Å². The normalized spacial score (nSPS) is 16.1. The van der Waals surface area contributed by atoms with Crippen LogP contribution in [-0.2, 0) is 6.54 Å². The summed E-state index contributed by atoms with van der Waals surface area (Å²) in [5.74, 6) is 1.60. The minimum Gasteiger partial charge on any atom is -0.355 e. The number of hydrogen-bond acceptors (Lipinski definition) is 3. The third kappa shape index (κ3) is 8.12. The second-order valence-electron chi connectivity index (χ2n) is 8.13. The molecule has 0 radical (unpaired) electrons. The first-order valence-corrected chi connectivity index (χ1v) is 10.3. The Morgan fingerprint density at radius 2 is 1.69 bits per heavy atom. The predicted octanol–water partition coefficient (Wildman–Crippen LogP) is 3.18. The number of amides is 1. The van der Waals surface area contributed by atoms with Crippen molar-refractivity contribution in [3.05, 3.63) is 35.4 Å². The molecule has 1 aromatic rings. The Morgan fingerprint density at radius 3 is 2.21 bits per heavy atom. The molecule has 0 heterocycles. The van der Waals surface area contributed by atoms with E-state index in [1.54, 1.807) is 26.0 Å². The average molecular weight is 515 g/mol. The summed E-state index contributed by atoms with van der Waals surface area (Å²) < 4.78 is 0. The van der Waals surface area contributed by atoms with Crippen LogP contribution in [0.25, 0.3) is 0 Å². The molecule has 0 bridgehead atoms. The Bertz CT molecular complexity index is 639. The minimum atomic E-state index is 0. The second kappa shape index (κ2) is 13.1. The molecule has 1 saturated carbocycles. The number of benzene rings is 1. The molecule has 1 aliphatic rings. The van der Waals surface area contributed by atoms with Gasteiger partial charge in [0.15, 0.2) is 5.96 Å². The number of rotatable bonds is 7. The summed E-state index contributed by atoms with van der Waals surface area (Å²) in [6, 6.07) is 8.25. The van der Waals surface area contributed by atoms with Gasteiger partial charge in [-0.15, -0.1) is 24.0 Å². The molecule has 0 spiro atoms. The van der Waals surface area contributed by atoms with Crippen molar-refractivity contribution < 1.29 is 4.79 Å². The largest absolute Gasteiger partial charge is 0.355 e. The van der Waals surface area contributed by atoms with Crippen molar-refractivity contribution in [2.75, 3.05) is 41.8 Å². The zero-order chi connectivity index (χ0) is 20.5. The lowest BCUT2D eigenvalue weighted by atomic mass is 9.83. The Morgan fingerprint density at radius 1 is 1.07 bits per heavy atom. The third-order valence-electron chi connectivity index (χ3n) is 5.63.